The van der Waals surface area contributed by atoms with Gasteiger partial charge in [-0.2, -0.15) is 13.2 Å². The summed E-state index contributed by atoms with van der Waals surface area (Å²) in [7, 11) is 3.97. The maximum atomic E-state index is 13.3. The fraction of sp³-hybridized carbons (Fsp3) is 0.611. The van der Waals surface area contributed by atoms with E-state index in [1.54, 1.807) is 4.90 Å². The van der Waals surface area contributed by atoms with Crippen molar-refractivity contribution in [3.63, 3.8) is 0 Å². The van der Waals surface area contributed by atoms with Crippen molar-refractivity contribution >= 4 is 5.82 Å². The summed E-state index contributed by atoms with van der Waals surface area (Å²) in [6, 6.07) is 2.42. The Labute approximate surface area is 157 Å². The molecule has 2 aromatic rings. The van der Waals surface area contributed by atoms with E-state index in [2.05, 4.69) is 26.7 Å². The molecule has 0 N–H and O–H groups in total. The Hall–Kier alpha value is -2.16. The molecule has 1 aliphatic rings. The van der Waals surface area contributed by atoms with Crippen LogP contribution in [0.1, 0.15) is 42.9 Å². The number of alkyl halides is 3. The molecular formula is C18H25F3N6. The summed E-state index contributed by atoms with van der Waals surface area (Å²) in [4.78, 5) is 7.78. The third-order valence-electron chi connectivity index (χ3n) is 4.88. The average molecular weight is 382 g/mol. The van der Waals surface area contributed by atoms with E-state index in [1.807, 2.05) is 19.0 Å². The molecule has 0 radical (unpaired) electrons. The van der Waals surface area contributed by atoms with Crippen LogP contribution in [0.25, 0.3) is 0 Å². The Bertz CT molecular complexity index is 763. The molecule has 1 saturated heterocycles. The van der Waals surface area contributed by atoms with E-state index in [0.717, 1.165) is 37.1 Å². The first kappa shape index (κ1) is 19.6. The van der Waals surface area contributed by atoms with Crippen LogP contribution >= 0.6 is 0 Å². The van der Waals surface area contributed by atoms with E-state index in [1.165, 1.54) is 12.3 Å². The van der Waals surface area contributed by atoms with Crippen molar-refractivity contribution in [2.24, 2.45) is 0 Å². The highest BCUT2D eigenvalue weighted by atomic mass is 19.4. The summed E-state index contributed by atoms with van der Waals surface area (Å²) >= 11 is 0. The van der Waals surface area contributed by atoms with Gasteiger partial charge in [0.2, 0.25) is 0 Å². The second kappa shape index (κ2) is 7.84. The van der Waals surface area contributed by atoms with Crippen molar-refractivity contribution in [3.05, 3.63) is 35.5 Å². The molecule has 0 spiro atoms. The molecule has 0 aliphatic carbocycles. The molecule has 0 saturated carbocycles. The van der Waals surface area contributed by atoms with Crippen molar-refractivity contribution in [1.29, 1.82) is 0 Å². The molecule has 6 nitrogen and oxygen atoms in total. The summed E-state index contributed by atoms with van der Waals surface area (Å²) in [5, 5.41) is 8.71. The number of anilines is 1. The number of aromatic nitrogens is 4. The lowest BCUT2D eigenvalue weighted by Gasteiger charge is -2.33. The van der Waals surface area contributed by atoms with Gasteiger partial charge in [0.15, 0.2) is 0 Å². The summed E-state index contributed by atoms with van der Waals surface area (Å²) in [5.41, 5.74) is -0.673. The van der Waals surface area contributed by atoms with Gasteiger partial charge in [-0.05, 0) is 46.0 Å². The predicted molar refractivity (Wildman–Crippen MR) is 96.5 cm³/mol. The first-order chi connectivity index (χ1) is 12.8. The van der Waals surface area contributed by atoms with Gasteiger partial charge >= 0.3 is 6.18 Å². The van der Waals surface area contributed by atoms with Gasteiger partial charge in [-0.15, -0.1) is 10.2 Å². The predicted octanol–water partition coefficient (Wildman–Crippen LogP) is 3.16. The Morgan fingerprint density at radius 3 is 2.48 bits per heavy atom. The van der Waals surface area contributed by atoms with E-state index < -0.39 is 11.7 Å². The van der Waals surface area contributed by atoms with Crippen LogP contribution in [0.5, 0.6) is 0 Å². The zero-order chi connectivity index (χ0) is 19.6. The smallest absolute Gasteiger partial charge is 0.356 e. The molecule has 1 aliphatic heterocycles. The molecule has 0 bridgehead atoms. The summed E-state index contributed by atoms with van der Waals surface area (Å²) in [6.07, 6.45) is -1.52. The van der Waals surface area contributed by atoms with Gasteiger partial charge in [0, 0.05) is 31.7 Å². The molecule has 148 valence electrons. The molecule has 9 heteroatoms. The topological polar surface area (TPSA) is 50.1 Å². The van der Waals surface area contributed by atoms with Crippen LogP contribution in [0.4, 0.5) is 19.0 Å². The highest BCUT2D eigenvalue weighted by molar-refractivity contribution is 5.48. The number of hydrogen-bond acceptors (Lipinski definition) is 5. The van der Waals surface area contributed by atoms with Gasteiger partial charge < -0.3 is 14.4 Å². The third kappa shape index (κ3) is 4.23. The van der Waals surface area contributed by atoms with Gasteiger partial charge in [-0.25, -0.2) is 4.98 Å². The first-order valence-electron chi connectivity index (χ1n) is 9.15. The minimum absolute atomic E-state index is 0.0219. The van der Waals surface area contributed by atoms with Crippen molar-refractivity contribution < 1.29 is 13.2 Å². The van der Waals surface area contributed by atoms with Crippen molar-refractivity contribution in [2.45, 2.75) is 44.9 Å². The van der Waals surface area contributed by atoms with Crippen LogP contribution in [0.3, 0.4) is 0 Å². The Morgan fingerprint density at radius 2 is 1.89 bits per heavy atom. The average Bonchev–Trinajstić information content (AvgIpc) is 3.03. The molecule has 0 amide bonds. The van der Waals surface area contributed by atoms with Crippen LogP contribution in [0.15, 0.2) is 18.3 Å². The normalized spacial score (nSPS) is 16.3. The Kier molecular flexibility index (Phi) is 5.69. The molecule has 0 aromatic carbocycles. The maximum absolute atomic E-state index is 13.3. The lowest BCUT2D eigenvalue weighted by molar-refractivity contribution is -0.137. The fourth-order valence-corrected chi connectivity index (χ4v) is 3.62. The van der Waals surface area contributed by atoms with E-state index in [0.29, 0.717) is 19.6 Å². The molecule has 27 heavy (non-hydrogen) atoms. The number of rotatable bonds is 5. The van der Waals surface area contributed by atoms with Gasteiger partial charge in [-0.1, -0.05) is 0 Å². The van der Waals surface area contributed by atoms with Crippen molar-refractivity contribution in [3.8, 4) is 0 Å². The van der Waals surface area contributed by atoms with Gasteiger partial charge in [0.25, 0.3) is 0 Å². The minimum Gasteiger partial charge on any atom is -0.356 e. The molecular weight excluding hydrogens is 357 g/mol. The van der Waals surface area contributed by atoms with E-state index in [9.17, 15) is 13.2 Å². The van der Waals surface area contributed by atoms with Crippen LogP contribution in [-0.2, 0) is 19.3 Å². The number of pyridine rings is 1. The standard InChI is InChI=1S/C18H25F3N6/c1-4-27-15(12-25(2)3)23-24-16(27)13-7-10-26(11-8-13)17-14(18(19,20)21)6-5-9-22-17/h5-6,9,13H,4,7-8,10-12H2,1-3H3. The second-order valence-corrected chi connectivity index (χ2v) is 7.09. The molecule has 2 aromatic heterocycles. The largest absolute Gasteiger partial charge is 0.419 e. The van der Waals surface area contributed by atoms with Crippen LogP contribution in [-0.4, -0.2) is 51.8 Å². The maximum Gasteiger partial charge on any atom is 0.419 e. The number of halogens is 3. The molecule has 1 fully saturated rings. The third-order valence-corrected chi connectivity index (χ3v) is 4.88. The molecule has 0 unspecified atom stereocenters. The van der Waals surface area contributed by atoms with Gasteiger partial charge in [0.05, 0.1) is 12.1 Å². The fourth-order valence-electron chi connectivity index (χ4n) is 3.62. The quantitative estimate of drug-likeness (QED) is 0.795. The zero-order valence-electron chi connectivity index (χ0n) is 15.9. The SMILES string of the molecule is CCn1c(CN(C)C)nnc1C1CCN(c2ncccc2C(F)(F)F)CC1. The first-order valence-corrected chi connectivity index (χ1v) is 9.15. The molecule has 3 rings (SSSR count). The minimum atomic E-state index is -4.40. The van der Waals surface area contributed by atoms with Crippen molar-refractivity contribution in [2.75, 3.05) is 32.1 Å². The summed E-state index contributed by atoms with van der Waals surface area (Å²) in [5.74, 6) is 2.08. The lowest BCUT2D eigenvalue weighted by atomic mass is 9.95. The zero-order valence-corrected chi connectivity index (χ0v) is 15.9. The Balaban J connectivity index is 1.75. The van der Waals surface area contributed by atoms with E-state index >= 15 is 0 Å². The van der Waals surface area contributed by atoms with E-state index in [-0.39, 0.29) is 11.7 Å². The highest BCUT2D eigenvalue weighted by Gasteiger charge is 2.37. The summed E-state index contributed by atoms with van der Waals surface area (Å²) in [6.45, 7) is 4.59. The Morgan fingerprint density at radius 1 is 1.19 bits per heavy atom. The second-order valence-electron chi connectivity index (χ2n) is 7.09. The highest BCUT2D eigenvalue weighted by Crippen LogP contribution is 2.37. The summed E-state index contributed by atoms with van der Waals surface area (Å²) < 4.78 is 41.9. The van der Waals surface area contributed by atoms with Gasteiger partial charge in [-0.3, -0.25) is 0 Å². The van der Waals surface area contributed by atoms with Gasteiger partial charge in [0.1, 0.15) is 17.5 Å². The number of piperidine rings is 1. The molecule has 0 atom stereocenters. The van der Waals surface area contributed by atoms with Crippen molar-refractivity contribution in [1.82, 2.24) is 24.6 Å². The monoisotopic (exact) mass is 382 g/mol. The van der Waals surface area contributed by atoms with Crippen LogP contribution in [0, 0.1) is 0 Å². The van der Waals surface area contributed by atoms with E-state index in [4.69, 9.17) is 0 Å². The number of hydrogen-bond donors (Lipinski definition) is 0. The number of nitrogens with zero attached hydrogens (tertiary/aromatic N) is 6. The lowest BCUT2D eigenvalue weighted by Crippen LogP contribution is -2.35. The van der Waals surface area contributed by atoms with Crippen LogP contribution < -0.4 is 4.90 Å². The van der Waals surface area contributed by atoms with Crippen LogP contribution in [0.2, 0.25) is 0 Å². The molecule has 3 heterocycles.